The van der Waals surface area contributed by atoms with Gasteiger partial charge in [-0.2, -0.15) is 23.4 Å². The fraction of sp³-hybridized carbons (Fsp3) is 0.250. The molecule has 0 aliphatic carbocycles. The second kappa shape index (κ2) is 5.65. The molecular weight excluding hydrogens is 330 g/mol. The lowest BCUT2D eigenvalue weighted by Crippen LogP contribution is -2.08. The molecule has 0 spiro atoms. The summed E-state index contributed by atoms with van der Waals surface area (Å²) in [6.07, 6.45) is -3.86. The van der Waals surface area contributed by atoms with Crippen LogP contribution in [0.3, 0.4) is 0 Å². The molecule has 0 amide bonds. The smallest absolute Gasteiger partial charge is 0.303 e. The molecule has 0 bridgehead atoms. The molecule has 0 aliphatic rings. The summed E-state index contributed by atoms with van der Waals surface area (Å²) in [5, 5.41) is 7.55. The first-order valence-electron chi connectivity index (χ1n) is 5.67. The number of benzene rings is 1. The highest BCUT2D eigenvalue weighted by Gasteiger charge is 2.32. The van der Waals surface area contributed by atoms with Crippen LogP contribution in [0, 0.1) is 6.92 Å². The maximum atomic E-state index is 12.7. The topological polar surface area (TPSA) is 47.8 Å². The minimum absolute atomic E-state index is 0.0339. The van der Waals surface area contributed by atoms with Gasteiger partial charge in [0.2, 0.25) is 0 Å². The van der Waals surface area contributed by atoms with Crippen LogP contribution < -0.4 is 0 Å². The highest BCUT2D eigenvalue weighted by Crippen LogP contribution is 2.37. The monoisotopic (exact) mass is 337 g/mol. The summed E-state index contributed by atoms with van der Waals surface area (Å²) in [4.78, 5) is 11.5. The lowest BCUT2D eigenvalue weighted by atomic mass is 10.2. The normalized spacial score (nSPS) is 11.7. The van der Waals surface area contributed by atoms with Gasteiger partial charge < -0.3 is 4.79 Å². The van der Waals surface area contributed by atoms with Crippen molar-refractivity contribution in [2.24, 2.45) is 0 Å². The predicted octanol–water partition coefficient (Wildman–Crippen LogP) is 3.64. The Morgan fingerprint density at radius 1 is 1.24 bits per heavy atom. The van der Waals surface area contributed by atoms with E-state index in [1.807, 2.05) is 0 Å². The van der Waals surface area contributed by atoms with E-state index in [1.165, 1.54) is 0 Å². The summed E-state index contributed by atoms with van der Waals surface area (Å²) in [5.41, 5.74) is -0.0593. The van der Waals surface area contributed by atoms with Crippen molar-refractivity contribution in [3.63, 3.8) is 0 Å². The first-order valence-corrected chi connectivity index (χ1v) is 6.42. The van der Waals surface area contributed by atoms with Gasteiger partial charge in [-0.15, -0.1) is 4.80 Å². The van der Waals surface area contributed by atoms with Crippen molar-refractivity contribution in [3.8, 4) is 5.69 Å². The van der Waals surface area contributed by atoms with Gasteiger partial charge in [-0.1, -0.05) is 23.2 Å². The summed E-state index contributed by atoms with van der Waals surface area (Å²) < 4.78 is 38.0. The predicted molar refractivity (Wildman–Crippen MR) is 70.9 cm³/mol. The van der Waals surface area contributed by atoms with Crippen molar-refractivity contribution in [2.75, 3.05) is 0 Å². The SMILES string of the molecule is Cc1nn(-c2c(Cl)cc(C(F)(F)F)cc2Cl)nc1CC=O. The Kier molecular flexibility index (Phi) is 4.25. The van der Waals surface area contributed by atoms with Crippen LogP contribution in [0.15, 0.2) is 12.1 Å². The molecule has 0 saturated heterocycles. The molecule has 0 fully saturated rings. The fourth-order valence-electron chi connectivity index (χ4n) is 1.70. The second-order valence-electron chi connectivity index (χ2n) is 4.18. The summed E-state index contributed by atoms with van der Waals surface area (Å²) in [6, 6.07) is 1.50. The van der Waals surface area contributed by atoms with Crippen LogP contribution in [0.2, 0.25) is 10.0 Å². The van der Waals surface area contributed by atoms with Gasteiger partial charge >= 0.3 is 6.18 Å². The molecule has 0 N–H and O–H groups in total. The zero-order valence-corrected chi connectivity index (χ0v) is 12.1. The van der Waals surface area contributed by atoms with E-state index in [4.69, 9.17) is 23.2 Å². The Labute approximate surface area is 127 Å². The Balaban J connectivity index is 2.55. The minimum atomic E-state index is -4.55. The lowest BCUT2D eigenvalue weighted by molar-refractivity contribution is -0.137. The maximum absolute atomic E-state index is 12.7. The first kappa shape index (κ1) is 15.8. The molecule has 2 aromatic rings. The van der Waals surface area contributed by atoms with Gasteiger partial charge in [0.05, 0.1) is 27.0 Å². The number of hydrogen-bond acceptors (Lipinski definition) is 3. The van der Waals surface area contributed by atoms with Gasteiger partial charge in [0, 0.05) is 6.42 Å². The van der Waals surface area contributed by atoms with Crippen molar-refractivity contribution >= 4 is 29.5 Å². The van der Waals surface area contributed by atoms with E-state index in [0.717, 1.165) is 16.9 Å². The molecule has 1 aromatic carbocycles. The summed E-state index contributed by atoms with van der Waals surface area (Å²) in [6.45, 7) is 1.62. The summed E-state index contributed by atoms with van der Waals surface area (Å²) in [7, 11) is 0. The number of alkyl halides is 3. The average Bonchev–Trinajstić information content (AvgIpc) is 2.69. The molecule has 0 radical (unpaired) electrons. The Morgan fingerprint density at radius 3 is 2.29 bits per heavy atom. The standard InChI is InChI=1S/C12H8Cl2F3N3O/c1-6-10(2-3-21)19-20(18-6)11-8(13)4-7(5-9(11)14)12(15,16)17/h3-5H,2H2,1H3. The number of hydrogen-bond donors (Lipinski definition) is 0. The molecule has 112 valence electrons. The van der Waals surface area contributed by atoms with Crippen molar-refractivity contribution in [1.29, 1.82) is 0 Å². The number of aromatic nitrogens is 3. The van der Waals surface area contributed by atoms with Gasteiger partial charge in [-0.25, -0.2) is 0 Å². The third-order valence-corrected chi connectivity index (χ3v) is 3.27. The van der Waals surface area contributed by atoms with Crippen LogP contribution in [0.5, 0.6) is 0 Å². The zero-order valence-electron chi connectivity index (χ0n) is 10.6. The van der Waals surface area contributed by atoms with Gasteiger partial charge in [0.25, 0.3) is 0 Å². The average molecular weight is 338 g/mol. The largest absolute Gasteiger partial charge is 0.416 e. The Bertz CT molecular complexity index is 675. The van der Waals surface area contributed by atoms with Crippen molar-refractivity contribution < 1.29 is 18.0 Å². The third kappa shape index (κ3) is 3.19. The molecule has 9 heteroatoms. The van der Waals surface area contributed by atoms with Crippen LogP contribution in [-0.4, -0.2) is 21.3 Å². The summed E-state index contributed by atoms with van der Waals surface area (Å²) >= 11 is 11.7. The fourth-order valence-corrected chi connectivity index (χ4v) is 2.33. The van der Waals surface area contributed by atoms with E-state index >= 15 is 0 Å². The van der Waals surface area contributed by atoms with Crippen LogP contribution in [0.4, 0.5) is 13.2 Å². The number of halogens is 5. The first-order chi connectivity index (χ1) is 9.74. The van der Waals surface area contributed by atoms with E-state index in [9.17, 15) is 18.0 Å². The van der Waals surface area contributed by atoms with Gasteiger partial charge in [-0.05, 0) is 19.1 Å². The lowest BCUT2D eigenvalue weighted by Gasteiger charge is -2.11. The molecule has 1 heterocycles. The number of aryl methyl sites for hydroxylation is 1. The number of nitrogens with zero attached hydrogens (tertiary/aromatic N) is 3. The summed E-state index contributed by atoms with van der Waals surface area (Å²) in [5.74, 6) is 0. The molecule has 0 aliphatic heterocycles. The molecule has 2 rings (SSSR count). The van der Waals surface area contributed by atoms with Gasteiger partial charge in [0.15, 0.2) is 0 Å². The van der Waals surface area contributed by atoms with Crippen molar-refractivity contribution in [2.45, 2.75) is 19.5 Å². The molecule has 0 saturated carbocycles. The third-order valence-electron chi connectivity index (χ3n) is 2.70. The molecule has 4 nitrogen and oxygen atoms in total. The Morgan fingerprint density at radius 2 is 1.81 bits per heavy atom. The van der Waals surface area contributed by atoms with E-state index in [2.05, 4.69) is 10.2 Å². The number of carbonyl (C=O) groups is 1. The maximum Gasteiger partial charge on any atom is 0.416 e. The second-order valence-corrected chi connectivity index (χ2v) is 4.99. The van der Waals surface area contributed by atoms with Crippen LogP contribution >= 0.6 is 23.2 Å². The number of rotatable bonds is 3. The van der Waals surface area contributed by atoms with Crippen LogP contribution in [0.1, 0.15) is 17.0 Å². The minimum Gasteiger partial charge on any atom is -0.303 e. The van der Waals surface area contributed by atoms with Crippen molar-refractivity contribution in [3.05, 3.63) is 39.1 Å². The molecule has 0 unspecified atom stereocenters. The quantitative estimate of drug-likeness (QED) is 0.803. The van der Waals surface area contributed by atoms with Gasteiger partial charge in [0.1, 0.15) is 12.0 Å². The molecular formula is C12H8Cl2F3N3O. The van der Waals surface area contributed by atoms with E-state index in [0.29, 0.717) is 17.7 Å². The van der Waals surface area contributed by atoms with Crippen molar-refractivity contribution in [1.82, 2.24) is 15.0 Å². The highest BCUT2D eigenvalue weighted by molar-refractivity contribution is 6.37. The van der Waals surface area contributed by atoms with Crippen LogP contribution in [0.25, 0.3) is 5.69 Å². The molecule has 1 aromatic heterocycles. The number of carbonyl (C=O) groups excluding carboxylic acids is 1. The van der Waals surface area contributed by atoms with E-state index < -0.39 is 11.7 Å². The molecule has 21 heavy (non-hydrogen) atoms. The highest BCUT2D eigenvalue weighted by atomic mass is 35.5. The zero-order chi connectivity index (χ0) is 15.8. The molecule has 0 atom stereocenters. The van der Waals surface area contributed by atoms with E-state index in [1.54, 1.807) is 6.92 Å². The number of aldehydes is 1. The van der Waals surface area contributed by atoms with Gasteiger partial charge in [-0.3, -0.25) is 0 Å². The van der Waals surface area contributed by atoms with Crippen LogP contribution in [-0.2, 0) is 17.4 Å². The van der Waals surface area contributed by atoms with E-state index in [-0.39, 0.29) is 22.2 Å². The Hall–Kier alpha value is -1.60.